The van der Waals surface area contributed by atoms with E-state index in [0.29, 0.717) is 21.9 Å². The normalized spacial score (nSPS) is 11.4. The molecule has 0 aliphatic carbocycles. The highest BCUT2D eigenvalue weighted by Gasteiger charge is 2.18. The molecule has 0 aliphatic heterocycles. The lowest BCUT2D eigenvalue weighted by Crippen LogP contribution is -2.04. The van der Waals surface area contributed by atoms with Crippen LogP contribution in [0.5, 0.6) is 5.75 Å². The Hall–Kier alpha value is -2.31. The number of fused-ring (bicyclic) bond motifs is 3. The van der Waals surface area contributed by atoms with E-state index in [1.54, 1.807) is 0 Å². The SMILES string of the molecule is COCc1cc(=O)oc2c1c(O)cc1oc(=O)cc(CCl)c12. The van der Waals surface area contributed by atoms with Gasteiger partial charge in [-0.2, -0.15) is 0 Å². The summed E-state index contributed by atoms with van der Waals surface area (Å²) < 4.78 is 15.3. The van der Waals surface area contributed by atoms with Crippen molar-refractivity contribution in [3.8, 4) is 5.75 Å². The van der Waals surface area contributed by atoms with E-state index in [9.17, 15) is 14.7 Å². The van der Waals surface area contributed by atoms with E-state index in [2.05, 4.69) is 0 Å². The van der Waals surface area contributed by atoms with Gasteiger partial charge < -0.3 is 18.7 Å². The first-order valence-corrected chi connectivity index (χ1v) is 6.89. The first kappa shape index (κ1) is 14.6. The Morgan fingerprint density at radius 2 is 1.77 bits per heavy atom. The van der Waals surface area contributed by atoms with Gasteiger partial charge >= 0.3 is 11.3 Å². The third-order valence-electron chi connectivity index (χ3n) is 3.31. The maximum absolute atomic E-state index is 11.8. The van der Waals surface area contributed by atoms with Crippen LogP contribution < -0.4 is 11.3 Å². The second-order valence-electron chi connectivity index (χ2n) is 4.72. The molecule has 0 aliphatic rings. The third kappa shape index (κ3) is 2.26. The summed E-state index contributed by atoms with van der Waals surface area (Å²) in [5.74, 6) is -0.145. The van der Waals surface area contributed by atoms with Crippen molar-refractivity contribution >= 4 is 33.5 Å². The Kier molecular flexibility index (Phi) is 3.64. The summed E-state index contributed by atoms with van der Waals surface area (Å²) in [6.45, 7) is 0.119. The van der Waals surface area contributed by atoms with Crippen LogP contribution in [0.2, 0.25) is 0 Å². The van der Waals surface area contributed by atoms with Gasteiger partial charge in [-0.1, -0.05) is 0 Å². The summed E-state index contributed by atoms with van der Waals surface area (Å²) in [6.07, 6.45) is 0. The Balaban J connectivity index is 2.60. The van der Waals surface area contributed by atoms with Crippen molar-refractivity contribution in [2.45, 2.75) is 12.5 Å². The van der Waals surface area contributed by atoms with E-state index >= 15 is 0 Å². The molecule has 22 heavy (non-hydrogen) atoms. The van der Waals surface area contributed by atoms with Gasteiger partial charge in [-0.3, -0.25) is 0 Å². The molecule has 0 saturated carbocycles. The number of methoxy groups -OCH3 is 1. The van der Waals surface area contributed by atoms with Crippen molar-refractivity contribution in [1.29, 1.82) is 0 Å². The molecule has 1 N–H and O–H groups in total. The lowest BCUT2D eigenvalue weighted by molar-refractivity contribution is 0.185. The number of ether oxygens (including phenoxy) is 1. The molecule has 3 rings (SSSR count). The van der Waals surface area contributed by atoms with Gasteiger partial charge in [0, 0.05) is 31.2 Å². The van der Waals surface area contributed by atoms with Crippen LogP contribution in [-0.2, 0) is 17.2 Å². The molecule has 0 amide bonds. The van der Waals surface area contributed by atoms with Gasteiger partial charge in [-0.05, 0) is 11.1 Å². The molecule has 0 atom stereocenters. The number of phenolic OH excluding ortho intramolecular Hbond substituents is 1. The lowest BCUT2D eigenvalue weighted by atomic mass is 10.0. The summed E-state index contributed by atoms with van der Waals surface area (Å²) in [7, 11) is 1.47. The van der Waals surface area contributed by atoms with E-state index < -0.39 is 11.3 Å². The maximum atomic E-state index is 11.8. The number of rotatable bonds is 3. The summed E-state index contributed by atoms with van der Waals surface area (Å²) in [5.41, 5.74) is -0.0502. The van der Waals surface area contributed by atoms with Gasteiger partial charge in [0.2, 0.25) is 0 Å². The van der Waals surface area contributed by atoms with Crippen LogP contribution in [0.4, 0.5) is 0 Å². The Morgan fingerprint density at radius 1 is 1.09 bits per heavy atom. The molecule has 0 unspecified atom stereocenters. The van der Waals surface area contributed by atoms with Crippen molar-refractivity contribution in [3.05, 3.63) is 50.2 Å². The van der Waals surface area contributed by atoms with Crippen molar-refractivity contribution in [2.75, 3.05) is 7.11 Å². The number of aromatic hydroxyl groups is 1. The number of phenols is 1. The number of halogens is 1. The highest BCUT2D eigenvalue weighted by atomic mass is 35.5. The van der Waals surface area contributed by atoms with E-state index in [-0.39, 0.29) is 29.4 Å². The zero-order valence-corrected chi connectivity index (χ0v) is 12.3. The fourth-order valence-electron chi connectivity index (χ4n) is 2.49. The number of hydrogen-bond acceptors (Lipinski definition) is 6. The zero-order chi connectivity index (χ0) is 15.9. The Labute approximate surface area is 128 Å². The van der Waals surface area contributed by atoms with Crippen LogP contribution in [0.15, 0.2) is 36.6 Å². The zero-order valence-electron chi connectivity index (χ0n) is 11.5. The predicted octanol–water partition coefficient (Wildman–Crippen LogP) is 2.49. The minimum atomic E-state index is -0.600. The summed E-state index contributed by atoms with van der Waals surface area (Å²) >= 11 is 5.87. The quantitative estimate of drug-likeness (QED) is 0.452. The summed E-state index contributed by atoms with van der Waals surface area (Å²) in [6, 6.07) is 3.78. The van der Waals surface area contributed by atoms with Gasteiger partial charge in [0.15, 0.2) is 5.58 Å². The van der Waals surface area contributed by atoms with Crippen molar-refractivity contribution in [1.82, 2.24) is 0 Å². The standard InChI is InChI=1S/C15H11ClO6/c1-20-6-8-3-12(19)22-15-13(8)9(17)4-10-14(15)7(5-16)2-11(18)21-10/h2-4,17H,5-6H2,1H3. The molecular weight excluding hydrogens is 312 g/mol. The average molecular weight is 323 g/mol. The lowest BCUT2D eigenvalue weighted by Gasteiger charge is -2.10. The highest BCUT2D eigenvalue weighted by molar-refractivity contribution is 6.19. The van der Waals surface area contributed by atoms with E-state index in [1.807, 2.05) is 0 Å². The average Bonchev–Trinajstić information content (AvgIpc) is 2.45. The monoisotopic (exact) mass is 322 g/mol. The molecular formula is C15H11ClO6. The number of benzene rings is 1. The van der Waals surface area contributed by atoms with Crippen LogP contribution in [0.25, 0.3) is 21.9 Å². The van der Waals surface area contributed by atoms with Gasteiger partial charge in [0.05, 0.1) is 17.4 Å². The van der Waals surface area contributed by atoms with Crippen LogP contribution in [-0.4, -0.2) is 12.2 Å². The van der Waals surface area contributed by atoms with Gasteiger partial charge in [0.25, 0.3) is 0 Å². The Bertz CT molecular complexity index is 985. The molecule has 0 spiro atoms. The van der Waals surface area contributed by atoms with Crippen molar-refractivity contribution in [2.24, 2.45) is 0 Å². The molecule has 2 aromatic heterocycles. The molecule has 3 aromatic rings. The van der Waals surface area contributed by atoms with Crippen LogP contribution in [0.1, 0.15) is 11.1 Å². The molecule has 0 bridgehead atoms. The topological polar surface area (TPSA) is 89.9 Å². The van der Waals surface area contributed by atoms with Crippen LogP contribution in [0, 0.1) is 0 Å². The van der Waals surface area contributed by atoms with Gasteiger partial charge in [0.1, 0.15) is 11.3 Å². The highest BCUT2D eigenvalue weighted by Crippen LogP contribution is 2.35. The molecule has 2 heterocycles. The molecule has 114 valence electrons. The number of hydrogen-bond donors (Lipinski definition) is 1. The first-order valence-electron chi connectivity index (χ1n) is 6.35. The van der Waals surface area contributed by atoms with Gasteiger partial charge in [-0.15, -0.1) is 11.6 Å². The molecule has 0 fully saturated rings. The molecule has 6 nitrogen and oxygen atoms in total. The largest absolute Gasteiger partial charge is 0.507 e. The number of alkyl halides is 1. The molecule has 0 radical (unpaired) electrons. The Morgan fingerprint density at radius 3 is 2.45 bits per heavy atom. The van der Waals surface area contributed by atoms with E-state index in [4.69, 9.17) is 25.2 Å². The second kappa shape index (κ2) is 5.47. The van der Waals surface area contributed by atoms with Gasteiger partial charge in [-0.25, -0.2) is 9.59 Å². The maximum Gasteiger partial charge on any atom is 0.336 e. The molecule has 1 aromatic carbocycles. The van der Waals surface area contributed by atoms with E-state index in [0.717, 1.165) is 0 Å². The van der Waals surface area contributed by atoms with Crippen LogP contribution in [0.3, 0.4) is 0 Å². The van der Waals surface area contributed by atoms with Crippen molar-refractivity contribution in [3.63, 3.8) is 0 Å². The third-order valence-corrected chi connectivity index (χ3v) is 3.60. The molecule has 7 heteroatoms. The smallest absolute Gasteiger partial charge is 0.336 e. The molecule has 0 saturated heterocycles. The van der Waals surface area contributed by atoms with Crippen LogP contribution >= 0.6 is 11.6 Å². The minimum absolute atomic E-state index is 0.0280. The van der Waals surface area contributed by atoms with Crippen molar-refractivity contribution < 1.29 is 18.7 Å². The fraction of sp³-hybridized carbons (Fsp3) is 0.200. The first-order chi connectivity index (χ1) is 10.5. The summed E-state index contributed by atoms with van der Waals surface area (Å²) in [5, 5.41) is 10.9. The fourth-order valence-corrected chi connectivity index (χ4v) is 2.70. The summed E-state index contributed by atoms with van der Waals surface area (Å²) in [4.78, 5) is 23.3. The predicted molar refractivity (Wildman–Crippen MR) is 80.5 cm³/mol. The second-order valence-corrected chi connectivity index (χ2v) is 4.99. The van der Waals surface area contributed by atoms with E-state index in [1.165, 1.54) is 25.3 Å². The minimum Gasteiger partial charge on any atom is -0.507 e.